The lowest BCUT2D eigenvalue weighted by atomic mass is 10.1. The summed E-state index contributed by atoms with van der Waals surface area (Å²) in [6.07, 6.45) is 12.3. The highest BCUT2D eigenvalue weighted by atomic mass is 32.1. The van der Waals surface area contributed by atoms with Crippen LogP contribution in [0.1, 0.15) is 21.6 Å². The van der Waals surface area contributed by atoms with Crippen molar-refractivity contribution >= 4 is 27.7 Å². The predicted octanol–water partition coefficient (Wildman–Crippen LogP) is 3.99. The molecule has 0 fully saturated rings. The number of rotatable bonds is 10. The molecule has 0 saturated carbocycles. The largest absolute Gasteiger partial charge is 0.495 e. The summed E-state index contributed by atoms with van der Waals surface area (Å²) in [4.78, 5) is 2.80. The van der Waals surface area contributed by atoms with Gasteiger partial charge >= 0.3 is 0 Å². The summed E-state index contributed by atoms with van der Waals surface area (Å²) in [6.45, 7) is 6.95. The Morgan fingerprint density at radius 2 is 1.61 bits per heavy atom. The fraction of sp³-hybridized carbons (Fsp3) is 0.333. The topological polar surface area (TPSA) is 102 Å². The Morgan fingerprint density at radius 3 is 2.11 bits per heavy atom. The summed E-state index contributed by atoms with van der Waals surface area (Å²) in [5.41, 5.74) is 3.59. The van der Waals surface area contributed by atoms with E-state index in [2.05, 4.69) is 67.5 Å². The van der Waals surface area contributed by atoms with Gasteiger partial charge in [-0.05, 0) is 31.0 Å². The van der Waals surface area contributed by atoms with Crippen LogP contribution in [0.3, 0.4) is 0 Å². The van der Waals surface area contributed by atoms with E-state index in [0.717, 1.165) is 37.4 Å². The minimum Gasteiger partial charge on any atom is -0.495 e. The molecular weight excluding hydrogens is 498 g/mol. The zero-order valence-electron chi connectivity index (χ0n) is 22.3. The molecule has 10 nitrogen and oxygen atoms in total. The highest BCUT2D eigenvalue weighted by Gasteiger charge is 2.18. The monoisotopic (exact) mass is 529 g/mol. The summed E-state index contributed by atoms with van der Waals surface area (Å²) >= 11 is 1.17. The second-order valence-corrected chi connectivity index (χ2v) is 10.1. The first-order valence-corrected chi connectivity index (χ1v) is 13.0. The van der Waals surface area contributed by atoms with E-state index in [-0.39, 0.29) is 0 Å². The Morgan fingerprint density at radius 1 is 0.974 bits per heavy atom. The van der Waals surface area contributed by atoms with Crippen molar-refractivity contribution in [3.05, 3.63) is 71.1 Å². The first kappa shape index (κ1) is 26.6. The molecule has 0 atom stereocenters. The standard InChI is InChI=1S/C27H31N9OS/c1-20-14-24(25(37-5)15-23(20)30-31-27-22(16-28)21(2)26(17-29)38-27)36(12-10-34-8-6-32(3)18-34)13-11-35-9-7-33(4)19-35/h6-9,14-15,18-19H,10-13H2,1-5H3/q+2/b31-30+. The van der Waals surface area contributed by atoms with Crippen molar-refractivity contribution in [3.63, 3.8) is 0 Å². The average molecular weight is 530 g/mol. The number of anilines is 1. The van der Waals surface area contributed by atoms with E-state index in [0.29, 0.717) is 32.4 Å². The number of azo groups is 1. The van der Waals surface area contributed by atoms with Crippen LogP contribution in [0.25, 0.3) is 0 Å². The summed E-state index contributed by atoms with van der Waals surface area (Å²) in [6, 6.07) is 8.22. The molecule has 4 aromatic rings. The fourth-order valence-electron chi connectivity index (χ4n) is 4.18. The Labute approximate surface area is 226 Å². The van der Waals surface area contributed by atoms with E-state index < -0.39 is 0 Å². The molecular formula is C27H31N9OS+2. The van der Waals surface area contributed by atoms with Gasteiger partial charge in [0.15, 0.2) is 5.00 Å². The number of aryl methyl sites for hydroxylation is 3. The lowest BCUT2D eigenvalue weighted by molar-refractivity contribution is -0.671. The Kier molecular flexibility index (Phi) is 8.19. The van der Waals surface area contributed by atoms with Crippen LogP contribution < -0.4 is 18.8 Å². The van der Waals surface area contributed by atoms with E-state index in [1.165, 1.54) is 11.3 Å². The van der Waals surface area contributed by atoms with Gasteiger partial charge in [0.25, 0.3) is 0 Å². The van der Waals surface area contributed by atoms with Gasteiger partial charge in [0.2, 0.25) is 12.7 Å². The molecule has 194 valence electrons. The summed E-state index contributed by atoms with van der Waals surface area (Å²) < 4.78 is 14.2. The average Bonchev–Trinajstić information content (AvgIpc) is 3.61. The Bertz CT molecular complexity index is 1500. The molecule has 0 spiro atoms. The Hall–Kier alpha value is -4.48. The molecule has 0 amide bonds. The molecule has 0 radical (unpaired) electrons. The lowest BCUT2D eigenvalue weighted by Gasteiger charge is -2.26. The molecule has 0 aliphatic rings. The van der Waals surface area contributed by atoms with Crippen LogP contribution in [-0.4, -0.2) is 29.3 Å². The molecule has 3 aromatic heterocycles. The highest BCUT2D eigenvalue weighted by Crippen LogP contribution is 2.38. The molecule has 3 heterocycles. The number of nitriles is 2. The number of imidazole rings is 2. The molecule has 1 aromatic carbocycles. The molecule has 4 rings (SSSR count). The highest BCUT2D eigenvalue weighted by molar-refractivity contribution is 7.16. The number of methoxy groups -OCH3 is 1. The van der Waals surface area contributed by atoms with Crippen molar-refractivity contribution in [3.8, 4) is 17.9 Å². The van der Waals surface area contributed by atoms with Gasteiger partial charge in [-0.25, -0.2) is 18.3 Å². The van der Waals surface area contributed by atoms with Crippen LogP contribution >= 0.6 is 11.3 Å². The maximum absolute atomic E-state index is 9.52. The number of ether oxygens (including phenoxy) is 1. The normalized spacial score (nSPS) is 11.0. The second-order valence-electron chi connectivity index (χ2n) is 9.09. The van der Waals surface area contributed by atoms with Gasteiger partial charge in [0, 0.05) is 6.07 Å². The van der Waals surface area contributed by atoms with Gasteiger partial charge < -0.3 is 9.64 Å². The molecule has 0 bridgehead atoms. The van der Waals surface area contributed by atoms with Crippen LogP contribution in [0.2, 0.25) is 0 Å². The fourth-order valence-corrected chi connectivity index (χ4v) is 5.06. The van der Waals surface area contributed by atoms with E-state index in [4.69, 9.17) is 4.74 Å². The van der Waals surface area contributed by atoms with Crippen LogP contribution in [0, 0.1) is 36.5 Å². The van der Waals surface area contributed by atoms with Gasteiger partial charge in [-0.3, -0.25) is 0 Å². The van der Waals surface area contributed by atoms with Gasteiger partial charge in [-0.15, -0.1) is 21.6 Å². The Balaban J connectivity index is 1.63. The minimum atomic E-state index is 0.388. The third kappa shape index (κ3) is 5.90. The number of hydrogen-bond acceptors (Lipinski definition) is 7. The van der Waals surface area contributed by atoms with Crippen molar-refractivity contribution in [2.75, 3.05) is 25.1 Å². The van der Waals surface area contributed by atoms with Gasteiger partial charge in [-0.2, -0.15) is 10.5 Å². The number of benzene rings is 1. The van der Waals surface area contributed by atoms with E-state index in [1.807, 2.05) is 48.6 Å². The van der Waals surface area contributed by atoms with Crippen molar-refractivity contribution < 1.29 is 13.9 Å². The quantitative estimate of drug-likeness (QED) is 0.229. The van der Waals surface area contributed by atoms with Gasteiger partial charge in [-0.1, -0.05) is 0 Å². The van der Waals surface area contributed by atoms with E-state index in [1.54, 1.807) is 14.0 Å². The number of aromatic nitrogens is 4. The van der Waals surface area contributed by atoms with Gasteiger partial charge in [0.05, 0.1) is 51.2 Å². The zero-order chi connectivity index (χ0) is 27.2. The molecule has 11 heteroatoms. The SMILES string of the molecule is COc1cc(/N=N/c2sc(C#N)c(C)c2C#N)c(C)cc1N(CCn1cc[n+](C)c1)CCn1cc[n+](C)c1. The third-order valence-corrected chi connectivity index (χ3v) is 7.41. The van der Waals surface area contributed by atoms with Crippen LogP contribution in [-0.2, 0) is 27.2 Å². The molecule has 38 heavy (non-hydrogen) atoms. The van der Waals surface area contributed by atoms with Crippen LogP contribution in [0.5, 0.6) is 5.75 Å². The number of nitrogens with zero attached hydrogens (tertiary/aromatic N) is 9. The number of thiophene rings is 1. The molecule has 0 saturated heterocycles. The minimum absolute atomic E-state index is 0.388. The maximum atomic E-state index is 9.52. The van der Waals surface area contributed by atoms with E-state index in [9.17, 15) is 10.5 Å². The maximum Gasteiger partial charge on any atom is 0.243 e. The predicted molar refractivity (Wildman–Crippen MR) is 144 cm³/mol. The summed E-state index contributed by atoms with van der Waals surface area (Å²) in [7, 11) is 5.68. The molecule has 0 unspecified atom stereocenters. The first-order valence-electron chi connectivity index (χ1n) is 12.1. The summed E-state index contributed by atoms with van der Waals surface area (Å²) in [5, 5.41) is 28.0. The van der Waals surface area contributed by atoms with Crippen LogP contribution in [0.4, 0.5) is 16.4 Å². The van der Waals surface area contributed by atoms with E-state index >= 15 is 0 Å². The van der Waals surface area contributed by atoms with Crippen molar-refractivity contribution in [1.82, 2.24) is 9.13 Å². The summed E-state index contributed by atoms with van der Waals surface area (Å²) in [5.74, 6) is 0.696. The smallest absolute Gasteiger partial charge is 0.243 e. The third-order valence-electron chi connectivity index (χ3n) is 6.33. The molecule has 0 aliphatic heterocycles. The van der Waals surface area contributed by atoms with Gasteiger partial charge in [0.1, 0.15) is 60.6 Å². The zero-order valence-corrected chi connectivity index (χ0v) is 23.1. The first-order chi connectivity index (χ1) is 18.3. The van der Waals surface area contributed by atoms with Crippen molar-refractivity contribution in [2.45, 2.75) is 26.9 Å². The lowest BCUT2D eigenvalue weighted by Crippen LogP contribution is -2.32. The molecule has 0 aliphatic carbocycles. The second kappa shape index (κ2) is 11.7. The van der Waals surface area contributed by atoms with Crippen LogP contribution in [0.15, 0.2) is 59.8 Å². The van der Waals surface area contributed by atoms with Crippen molar-refractivity contribution in [2.24, 2.45) is 24.3 Å². The molecule has 0 N–H and O–H groups in total. The number of hydrogen-bond donors (Lipinski definition) is 0. The van der Waals surface area contributed by atoms with Crippen molar-refractivity contribution in [1.29, 1.82) is 10.5 Å².